The van der Waals surface area contributed by atoms with E-state index < -0.39 is 0 Å². The zero-order valence-corrected chi connectivity index (χ0v) is 18.5. The molecule has 1 saturated heterocycles. The van der Waals surface area contributed by atoms with Crippen LogP contribution in [0.15, 0.2) is 72.8 Å². The van der Waals surface area contributed by atoms with Gasteiger partial charge in [-0.05, 0) is 54.4 Å². The largest absolute Gasteiger partial charge is 0.352 e. The molecule has 0 bridgehead atoms. The topological polar surface area (TPSA) is 49.3 Å². The number of carbonyl (C=O) groups is 1. The number of aryl methyl sites for hydroxylation is 2. The first-order valence-electron chi connectivity index (χ1n) is 11.0. The number of amides is 1. The maximum Gasteiger partial charge on any atom is 0.253 e. The van der Waals surface area contributed by atoms with Gasteiger partial charge in [-0.1, -0.05) is 54.1 Å². The number of aromatic nitrogens is 2. The fourth-order valence-electron chi connectivity index (χ4n) is 4.38. The van der Waals surface area contributed by atoms with Crippen molar-refractivity contribution in [3.63, 3.8) is 0 Å². The van der Waals surface area contributed by atoms with E-state index in [1.54, 1.807) is 0 Å². The normalized spacial score (nSPS) is 14.1. The summed E-state index contributed by atoms with van der Waals surface area (Å²) in [4.78, 5) is 17.1. The summed E-state index contributed by atoms with van der Waals surface area (Å²) in [5, 5.41) is 11.2. The lowest BCUT2D eigenvalue weighted by atomic mass is 10.0. The van der Waals surface area contributed by atoms with E-state index in [0.29, 0.717) is 13.1 Å². The molecular weight excluding hydrogens is 396 g/mol. The Hall–Kier alpha value is -3.73. The van der Waals surface area contributed by atoms with E-state index in [4.69, 9.17) is 0 Å². The molecule has 32 heavy (non-hydrogen) atoms. The third kappa shape index (κ3) is 3.94. The number of anilines is 1. The highest BCUT2D eigenvalue weighted by atomic mass is 16.2. The lowest BCUT2D eigenvalue weighted by Gasteiger charge is -2.35. The van der Waals surface area contributed by atoms with Crippen LogP contribution in [0.4, 0.5) is 5.82 Å². The van der Waals surface area contributed by atoms with E-state index >= 15 is 0 Å². The van der Waals surface area contributed by atoms with E-state index in [-0.39, 0.29) is 5.91 Å². The van der Waals surface area contributed by atoms with Crippen LogP contribution in [0.25, 0.3) is 22.0 Å². The molecule has 0 unspecified atom stereocenters. The van der Waals surface area contributed by atoms with E-state index in [2.05, 4.69) is 53.2 Å². The van der Waals surface area contributed by atoms with Crippen molar-refractivity contribution in [3.8, 4) is 11.3 Å². The number of hydrogen-bond donors (Lipinski definition) is 0. The van der Waals surface area contributed by atoms with Gasteiger partial charge in [0, 0.05) is 37.3 Å². The molecule has 1 fully saturated rings. The maximum atomic E-state index is 13.0. The second kappa shape index (κ2) is 8.42. The van der Waals surface area contributed by atoms with Gasteiger partial charge in [-0.2, -0.15) is 0 Å². The standard InChI is InChI=1S/C27H26N4O/c1-19-7-10-24(20(2)17-19)25-11-12-26(29-28-25)30-13-15-31(16-14-30)27(32)23-9-8-21-5-3-4-6-22(21)18-23/h3-12,17-18H,13-16H2,1-2H3. The van der Waals surface area contributed by atoms with Crippen molar-refractivity contribution in [2.24, 2.45) is 0 Å². The molecule has 5 nitrogen and oxygen atoms in total. The van der Waals surface area contributed by atoms with Gasteiger partial charge in [-0.3, -0.25) is 4.79 Å². The van der Waals surface area contributed by atoms with Crippen LogP contribution in [0.2, 0.25) is 0 Å². The molecule has 160 valence electrons. The predicted molar refractivity (Wildman–Crippen MR) is 129 cm³/mol. The molecule has 1 aliphatic rings. The summed E-state index contributed by atoms with van der Waals surface area (Å²) in [6.45, 7) is 7.03. The molecule has 1 amide bonds. The van der Waals surface area contributed by atoms with Crippen LogP contribution in [0, 0.1) is 13.8 Å². The van der Waals surface area contributed by atoms with Crippen molar-refractivity contribution >= 4 is 22.5 Å². The molecule has 5 rings (SSSR count). The molecule has 0 atom stereocenters. The van der Waals surface area contributed by atoms with Crippen molar-refractivity contribution in [3.05, 3.63) is 89.5 Å². The Morgan fingerprint density at radius 3 is 2.28 bits per heavy atom. The monoisotopic (exact) mass is 422 g/mol. The first kappa shape index (κ1) is 20.2. The Morgan fingerprint density at radius 2 is 1.56 bits per heavy atom. The molecule has 1 aromatic heterocycles. The second-order valence-corrected chi connectivity index (χ2v) is 8.44. The first-order chi connectivity index (χ1) is 15.6. The van der Waals surface area contributed by atoms with Crippen molar-refractivity contribution in [2.45, 2.75) is 13.8 Å². The molecule has 5 heteroatoms. The Balaban J connectivity index is 1.25. The first-order valence-corrected chi connectivity index (χ1v) is 11.0. The molecule has 0 spiro atoms. The summed E-state index contributed by atoms with van der Waals surface area (Å²) in [7, 11) is 0. The third-order valence-electron chi connectivity index (χ3n) is 6.20. The van der Waals surface area contributed by atoms with E-state index in [0.717, 1.165) is 46.5 Å². The molecule has 3 aromatic carbocycles. The van der Waals surface area contributed by atoms with Gasteiger partial charge in [0.2, 0.25) is 0 Å². The number of nitrogens with zero attached hydrogens (tertiary/aromatic N) is 4. The van der Waals surface area contributed by atoms with E-state index in [1.807, 2.05) is 53.4 Å². The Morgan fingerprint density at radius 1 is 0.781 bits per heavy atom. The average Bonchev–Trinajstić information content (AvgIpc) is 2.84. The molecular formula is C27H26N4O. The average molecular weight is 423 g/mol. The summed E-state index contributed by atoms with van der Waals surface area (Å²) in [5.41, 5.74) is 5.19. The SMILES string of the molecule is Cc1ccc(-c2ccc(N3CCN(C(=O)c4ccc5ccccc5c4)CC3)nn2)c(C)c1. The Kier molecular flexibility index (Phi) is 5.31. The van der Waals surface area contributed by atoms with Crippen LogP contribution in [0.5, 0.6) is 0 Å². The molecule has 0 aliphatic carbocycles. The van der Waals surface area contributed by atoms with Crippen LogP contribution in [-0.2, 0) is 0 Å². The number of benzene rings is 3. The van der Waals surface area contributed by atoms with Crippen LogP contribution < -0.4 is 4.90 Å². The number of rotatable bonds is 3. The number of piperazine rings is 1. The highest BCUT2D eigenvalue weighted by Crippen LogP contribution is 2.24. The van der Waals surface area contributed by atoms with Crippen molar-refractivity contribution in [1.29, 1.82) is 0 Å². The highest BCUT2D eigenvalue weighted by Gasteiger charge is 2.23. The Bertz CT molecular complexity index is 1270. The van der Waals surface area contributed by atoms with Gasteiger partial charge in [-0.15, -0.1) is 10.2 Å². The molecule has 0 N–H and O–H groups in total. The van der Waals surface area contributed by atoms with Gasteiger partial charge in [-0.25, -0.2) is 0 Å². The zero-order chi connectivity index (χ0) is 22.1. The molecule has 4 aromatic rings. The van der Waals surface area contributed by atoms with Gasteiger partial charge in [0.15, 0.2) is 5.82 Å². The summed E-state index contributed by atoms with van der Waals surface area (Å²) >= 11 is 0. The van der Waals surface area contributed by atoms with Gasteiger partial charge in [0.05, 0.1) is 5.69 Å². The van der Waals surface area contributed by atoms with Gasteiger partial charge < -0.3 is 9.80 Å². The van der Waals surface area contributed by atoms with Crippen LogP contribution >= 0.6 is 0 Å². The van der Waals surface area contributed by atoms with Gasteiger partial charge >= 0.3 is 0 Å². The lowest BCUT2D eigenvalue weighted by molar-refractivity contribution is 0.0746. The van der Waals surface area contributed by atoms with E-state index in [1.165, 1.54) is 11.1 Å². The summed E-state index contributed by atoms with van der Waals surface area (Å²) in [5.74, 6) is 0.947. The molecule has 0 radical (unpaired) electrons. The minimum Gasteiger partial charge on any atom is -0.352 e. The summed E-state index contributed by atoms with van der Waals surface area (Å²) in [6, 6.07) is 24.5. The van der Waals surface area contributed by atoms with Crippen LogP contribution in [-0.4, -0.2) is 47.2 Å². The van der Waals surface area contributed by atoms with Crippen molar-refractivity contribution in [1.82, 2.24) is 15.1 Å². The minimum absolute atomic E-state index is 0.0895. The highest BCUT2D eigenvalue weighted by molar-refractivity contribution is 5.98. The van der Waals surface area contributed by atoms with Crippen molar-refractivity contribution < 1.29 is 4.79 Å². The lowest BCUT2D eigenvalue weighted by Crippen LogP contribution is -2.49. The number of carbonyl (C=O) groups excluding carboxylic acids is 1. The Labute approximate surface area is 188 Å². The summed E-state index contributed by atoms with van der Waals surface area (Å²) in [6.07, 6.45) is 0. The third-order valence-corrected chi connectivity index (χ3v) is 6.20. The predicted octanol–water partition coefficient (Wildman–Crippen LogP) is 4.88. The van der Waals surface area contributed by atoms with E-state index in [9.17, 15) is 4.79 Å². The number of hydrogen-bond acceptors (Lipinski definition) is 4. The smallest absolute Gasteiger partial charge is 0.253 e. The van der Waals surface area contributed by atoms with Crippen LogP contribution in [0.3, 0.4) is 0 Å². The molecule has 2 heterocycles. The van der Waals surface area contributed by atoms with Crippen molar-refractivity contribution in [2.75, 3.05) is 31.1 Å². The second-order valence-electron chi connectivity index (χ2n) is 8.44. The number of fused-ring (bicyclic) bond motifs is 1. The maximum absolute atomic E-state index is 13.0. The van der Waals surface area contributed by atoms with Gasteiger partial charge in [0.1, 0.15) is 0 Å². The van der Waals surface area contributed by atoms with Crippen LogP contribution in [0.1, 0.15) is 21.5 Å². The van der Waals surface area contributed by atoms with Gasteiger partial charge in [0.25, 0.3) is 5.91 Å². The summed E-state index contributed by atoms with van der Waals surface area (Å²) < 4.78 is 0. The fraction of sp³-hybridized carbons (Fsp3) is 0.222. The molecule has 1 aliphatic heterocycles. The fourth-order valence-corrected chi connectivity index (χ4v) is 4.38. The quantitative estimate of drug-likeness (QED) is 0.472. The zero-order valence-electron chi connectivity index (χ0n) is 18.5. The molecule has 0 saturated carbocycles. The minimum atomic E-state index is 0.0895.